The van der Waals surface area contributed by atoms with E-state index < -0.39 is 0 Å². The Bertz CT molecular complexity index is 1170. The topological polar surface area (TPSA) is 120 Å². The molecule has 1 aliphatic heterocycles. The van der Waals surface area contributed by atoms with Crippen LogP contribution in [0.3, 0.4) is 0 Å². The summed E-state index contributed by atoms with van der Waals surface area (Å²) in [6.45, 7) is 1.79. The number of fused-ring (bicyclic) bond motifs is 1. The van der Waals surface area contributed by atoms with E-state index in [9.17, 15) is 4.79 Å². The number of nitrogen functional groups attached to an aromatic ring is 1. The monoisotopic (exact) mass is 410 g/mol. The first-order valence-electron chi connectivity index (χ1n) is 9.50. The minimum Gasteiger partial charge on any atom is -0.461 e. The van der Waals surface area contributed by atoms with E-state index in [1.807, 2.05) is 24.7 Å². The van der Waals surface area contributed by atoms with Crippen molar-refractivity contribution in [3.8, 4) is 6.01 Å². The minimum atomic E-state index is -0.306. The summed E-state index contributed by atoms with van der Waals surface area (Å²) in [7, 11) is 3.66. The maximum absolute atomic E-state index is 12.6. The fraction of sp³-hybridized carbons (Fsp3) is 0.300. The van der Waals surface area contributed by atoms with Gasteiger partial charge in [0, 0.05) is 12.7 Å². The molecule has 2 aromatic heterocycles. The van der Waals surface area contributed by atoms with E-state index in [0.717, 1.165) is 17.7 Å². The van der Waals surface area contributed by atoms with Crippen molar-refractivity contribution in [3.05, 3.63) is 58.3 Å². The Kier molecular flexibility index (Phi) is 5.34. The first kappa shape index (κ1) is 19.8. The Hall–Kier alpha value is -3.50. The number of imidazole rings is 1. The second-order valence-corrected chi connectivity index (χ2v) is 7.34. The molecule has 156 valence electrons. The minimum absolute atomic E-state index is 0.107. The molecule has 1 aromatic carbocycles. The van der Waals surface area contributed by atoms with Gasteiger partial charge in [-0.3, -0.25) is 9.05 Å². The van der Waals surface area contributed by atoms with Gasteiger partial charge in [-0.25, -0.2) is 9.79 Å². The van der Waals surface area contributed by atoms with Crippen molar-refractivity contribution in [1.82, 2.24) is 19.5 Å². The molecule has 1 aliphatic rings. The third kappa shape index (κ3) is 4.09. The number of aromatic amines is 1. The zero-order valence-electron chi connectivity index (χ0n) is 16.9. The van der Waals surface area contributed by atoms with Crippen LogP contribution in [0.4, 0.5) is 5.82 Å². The van der Waals surface area contributed by atoms with Gasteiger partial charge < -0.3 is 20.2 Å². The smallest absolute Gasteiger partial charge is 0.328 e. The Balaban J connectivity index is 1.62. The number of ether oxygens (including phenoxy) is 2. The molecule has 3 N–H and O–H groups in total. The van der Waals surface area contributed by atoms with Crippen LogP contribution in [-0.2, 0) is 17.8 Å². The van der Waals surface area contributed by atoms with Gasteiger partial charge >= 0.3 is 11.7 Å². The summed E-state index contributed by atoms with van der Waals surface area (Å²) in [5.74, 6) is 0.162. The number of nitrogens with zero attached hydrogens (tertiary/aromatic N) is 5. The third-order valence-electron chi connectivity index (χ3n) is 4.83. The average molecular weight is 410 g/mol. The lowest BCUT2D eigenvalue weighted by atomic mass is 10.1. The van der Waals surface area contributed by atoms with Crippen LogP contribution in [0.5, 0.6) is 6.01 Å². The van der Waals surface area contributed by atoms with Gasteiger partial charge in [0.15, 0.2) is 17.8 Å². The highest BCUT2D eigenvalue weighted by atomic mass is 16.5. The van der Waals surface area contributed by atoms with Gasteiger partial charge in [0.2, 0.25) is 0 Å². The van der Waals surface area contributed by atoms with Gasteiger partial charge in [0.1, 0.15) is 24.9 Å². The van der Waals surface area contributed by atoms with Crippen LogP contribution in [0.15, 0.2) is 46.5 Å². The van der Waals surface area contributed by atoms with Gasteiger partial charge in [-0.15, -0.1) is 0 Å². The van der Waals surface area contributed by atoms with E-state index >= 15 is 0 Å². The lowest BCUT2D eigenvalue weighted by Gasteiger charge is -2.21. The zero-order chi connectivity index (χ0) is 21.1. The molecular formula is C20H24N7O3+. The summed E-state index contributed by atoms with van der Waals surface area (Å²) in [6.07, 6.45) is 5.72. The zero-order valence-corrected chi connectivity index (χ0v) is 16.9. The fourth-order valence-corrected chi connectivity index (χ4v) is 3.37. The molecule has 3 aromatic rings. The molecule has 10 heteroatoms. The second-order valence-electron chi connectivity index (χ2n) is 7.34. The molecule has 0 radical (unpaired) electrons. The standard InChI is InChI=1S/C20H23N7O3/c1-27(7-6-22-13-27)12-15-5-3-4-14(10-15)11-26-18-16(23-20(26)28)17(21)24-19(25-18)30-9-8-29-2/h3-7,10,13H,8-9,11-12H2,1-2H3,(H2-,21,23,24,25,28)/p+1. The molecule has 0 bridgehead atoms. The van der Waals surface area contributed by atoms with Crippen molar-refractivity contribution in [2.45, 2.75) is 13.1 Å². The third-order valence-corrected chi connectivity index (χ3v) is 4.83. The number of nitrogens with one attached hydrogen (secondary N) is 1. The quantitative estimate of drug-likeness (QED) is 0.426. The Morgan fingerprint density at radius 3 is 2.83 bits per heavy atom. The van der Waals surface area contributed by atoms with E-state index in [1.54, 1.807) is 13.3 Å². The highest BCUT2D eigenvalue weighted by molar-refractivity contribution is 5.81. The van der Waals surface area contributed by atoms with Crippen LogP contribution in [0, 0.1) is 0 Å². The van der Waals surface area contributed by atoms with Crippen molar-refractivity contribution in [1.29, 1.82) is 0 Å². The summed E-state index contributed by atoms with van der Waals surface area (Å²) in [5, 5.41) is 0. The molecule has 0 saturated heterocycles. The van der Waals surface area contributed by atoms with E-state index in [2.05, 4.69) is 39.1 Å². The largest absolute Gasteiger partial charge is 0.461 e. The molecule has 0 fully saturated rings. The molecule has 0 saturated carbocycles. The Morgan fingerprint density at radius 2 is 2.07 bits per heavy atom. The summed E-state index contributed by atoms with van der Waals surface area (Å²) in [4.78, 5) is 28.0. The molecule has 0 spiro atoms. The van der Waals surface area contributed by atoms with E-state index in [-0.39, 0.29) is 24.1 Å². The number of nitrogens with two attached hydrogens (primary N) is 1. The van der Waals surface area contributed by atoms with Crippen LogP contribution in [0.25, 0.3) is 11.2 Å². The maximum atomic E-state index is 12.6. The Labute approximate surface area is 172 Å². The van der Waals surface area contributed by atoms with Crippen LogP contribution >= 0.6 is 0 Å². The molecule has 1 atom stereocenters. The number of aliphatic imine (C=N–C) groups is 1. The SMILES string of the molecule is COCCOc1nc(N)c2[nH]c(=O)n(Cc3cccc(C[N+]4(C)C=CN=C4)c3)c2n1. The highest BCUT2D eigenvalue weighted by Crippen LogP contribution is 2.20. The lowest BCUT2D eigenvalue weighted by Crippen LogP contribution is -2.33. The molecule has 30 heavy (non-hydrogen) atoms. The number of H-pyrrole nitrogens is 1. The van der Waals surface area contributed by atoms with E-state index in [1.165, 1.54) is 4.57 Å². The molecule has 0 aliphatic carbocycles. The summed E-state index contributed by atoms with van der Waals surface area (Å²) in [6, 6.07) is 8.21. The molecule has 1 unspecified atom stereocenters. The van der Waals surface area contributed by atoms with Gasteiger partial charge in [-0.1, -0.05) is 18.2 Å². The Morgan fingerprint density at radius 1 is 1.23 bits per heavy atom. The molecule has 10 nitrogen and oxygen atoms in total. The number of anilines is 1. The van der Waals surface area contributed by atoms with Gasteiger partial charge in [-0.2, -0.15) is 9.97 Å². The fourth-order valence-electron chi connectivity index (χ4n) is 3.37. The van der Waals surface area contributed by atoms with Crippen LogP contribution < -0.4 is 16.2 Å². The number of methoxy groups -OCH3 is 1. The van der Waals surface area contributed by atoms with Gasteiger partial charge in [0.05, 0.1) is 26.4 Å². The first-order valence-corrected chi connectivity index (χ1v) is 9.50. The molecule has 0 amide bonds. The number of quaternary nitrogens is 1. The van der Waals surface area contributed by atoms with Crippen molar-refractivity contribution in [2.75, 3.05) is 33.1 Å². The maximum Gasteiger partial charge on any atom is 0.328 e. The van der Waals surface area contributed by atoms with Crippen molar-refractivity contribution >= 4 is 23.3 Å². The summed E-state index contributed by atoms with van der Waals surface area (Å²) in [5.41, 5.74) is 8.60. The predicted octanol–water partition coefficient (Wildman–Crippen LogP) is 1.23. The van der Waals surface area contributed by atoms with E-state index in [4.69, 9.17) is 15.2 Å². The van der Waals surface area contributed by atoms with Crippen molar-refractivity contribution < 1.29 is 14.0 Å². The van der Waals surface area contributed by atoms with Crippen molar-refractivity contribution in [3.63, 3.8) is 0 Å². The normalized spacial score (nSPS) is 17.8. The van der Waals surface area contributed by atoms with Gasteiger partial charge in [0.25, 0.3) is 0 Å². The van der Waals surface area contributed by atoms with Gasteiger partial charge in [-0.05, 0) is 11.6 Å². The lowest BCUT2D eigenvalue weighted by molar-refractivity contribution is -0.771. The number of aromatic nitrogens is 4. The first-order chi connectivity index (χ1) is 14.5. The molecule has 3 heterocycles. The summed E-state index contributed by atoms with van der Waals surface area (Å²) < 4.78 is 12.6. The summed E-state index contributed by atoms with van der Waals surface area (Å²) >= 11 is 0. The molecule has 4 rings (SSSR count). The van der Waals surface area contributed by atoms with Crippen LogP contribution in [0.1, 0.15) is 11.1 Å². The van der Waals surface area contributed by atoms with E-state index in [0.29, 0.717) is 28.8 Å². The number of hydrogen-bond acceptors (Lipinski definition) is 7. The number of hydrogen-bond donors (Lipinski definition) is 2. The highest BCUT2D eigenvalue weighted by Gasteiger charge is 2.20. The van der Waals surface area contributed by atoms with Crippen molar-refractivity contribution in [2.24, 2.45) is 4.99 Å². The number of benzene rings is 1. The average Bonchev–Trinajstić information content (AvgIpc) is 3.27. The van der Waals surface area contributed by atoms with Crippen LogP contribution in [0.2, 0.25) is 0 Å². The number of rotatable bonds is 8. The van der Waals surface area contributed by atoms with Crippen LogP contribution in [-0.4, -0.2) is 57.7 Å². The molecular weight excluding hydrogens is 386 g/mol. The predicted molar refractivity (Wildman–Crippen MR) is 113 cm³/mol. The second kappa shape index (κ2) is 8.09.